The predicted molar refractivity (Wildman–Crippen MR) is 96.4 cm³/mol. The van der Waals surface area contributed by atoms with Crippen molar-refractivity contribution in [3.63, 3.8) is 0 Å². The van der Waals surface area contributed by atoms with Gasteiger partial charge in [-0.1, -0.05) is 6.07 Å². The topological polar surface area (TPSA) is 72.5 Å². The zero-order chi connectivity index (χ0) is 18.0. The first kappa shape index (κ1) is 17.3. The second-order valence-electron chi connectivity index (χ2n) is 6.55. The number of hydrogen-bond donors (Lipinski definition) is 1. The molecule has 7 heteroatoms. The Hall–Kier alpha value is -2.57. The summed E-state index contributed by atoms with van der Waals surface area (Å²) in [6.07, 6.45) is 0.668. The van der Waals surface area contributed by atoms with Crippen LogP contribution in [-0.4, -0.2) is 76.4 Å². The van der Waals surface area contributed by atoms with Gasteiger partial charge in [-0.05, 0) is 31.5 Å². The highest BCUT2D eigenvalue weighted by Crippen LogP contribution is 2.14. The molecular weight excluding hydrogens is 318 g/mol. The van der Waals surface area contributed by atoms with Crippen molar-refractivity contribution in [3.8, 4) is 0 Å². The van der Waals surface area contributed by atoms with Gasteiger partial charge in [0, 0.05) is 39.6 Å². The second-order valence-corrected chi connectivity index (χ2v) is 6.55. The maximum atomic E-state index is 12.5. The molecule has 0 spiro atoms. The number of carbonyl (C=O) groups excluding carboxylic acids is 2. The Morgan fingerprint density at radius 1 is 1.36 bits per heavy atom. The van der Waals surface area contributed by atoms with Gasteiger partial charge in [-0.15, -0.1) is 0 Å². The van der Waals surface area contributed by atoms with Crippen LogP contribution in [0.5, 0.6) is 0 Å². The van der Waals surface area contributed by atoms with E-state index in [1.807, 2.05) is 19.1 Å². The number of rotatable bonds is 6. The van der Waals surface area contributed by atoms with E-state index in [2.05, 4.69) is 23.0 Å². The number of amides is 3. The van der Waals surface area contributed by atoms with Crippen LogP contribution in [0.15, 0.2) is 18.2 Å². The van der Waals surface area contributed by atoms with E-state index in [1.165, 1.54) is 5.56 Å². The summed E-state index contributed by atoms with van der Waals surface area (Å²) in [6.45, 7) is 6.66. The molecule has 1 N–H and O–H groups in total. The van der Waals surface area contributed by atoms with E-state index < -0.39 is 0 Å². The van der Waals surface area contributed by atoms with Crippen LogP contribution in [0.2, 0.25) is 0 Å². The smallest absolute Gasteiger partial charge is 0.320 e. The van der Waals surface area contributed by atoms with E-state index in [0.717, 1.165) is 16.9 Å². The number of aromatic amines is 1. The van der Waals surface area contributed by atoms with Gasteiger partial charge in [-0.3, -0.25) is 4.79 Å². The molecule has 134 valence electrons. The third-order valence-corrected chi connectivity index (χ3v) is 4.67. The Morgan fingerprint density at radius 2 is 2.16 bits per heavy atom. The highest BCUT2D eigenvalue weighted by atomic mass is 16.2. The lowest BCUT2D eigenvalue weighted by Gasteiger charge is -2.23. The van der Waals surface area contributed by atoms with Gasteiger partial charge in [0.15, 0.2) is 0 Å². The van der Waals surface area contributed by atoms with Crippen LogP contribution in [0.25, 0.3) is 11.0 Å². The van der Waals surface area contributed by atoms with Gasteiger partial charge in [0.05, 0.1) is 11.0 Å². The van der Waals surface area contributed by atoms with Crippen molar-refractivity contribution in [3.05, 3.63) is 29.6 Å². The Kier molecular flexibility index (Phi) is 4.92. The lowest BCUT2D eigenvalue weighted by molar-refractivity contribution is -0.131. The van der Waals surface area contributed by atoms with Crippen molar-refractivity contribution >= 4 is 23.0 Å². The van der Waals surface area contributed by atoms with E-state index in [-0.39, 0.29) is 18.5 Å². The minimum absolute atomic E-state index is 0.0156. The number of aryl methyl sites for hydroxylation is 1. The van der Waals surface area contributed by atoms with Gasteiger partial charge >= 0.3 is 6.03 Å². The number of nitrogens with one attached hydrogen (secondary N) is 1. The summed E-state index contributed by atoms with van der Waals surface area (Å²) >= 11 is 0. The van der Waals surface area contributed by atoms with E-state index in [4.69, 9.17) is 0 Å². The van der Waals surface area contributed by atoms with Crippen LogP contribution < -0.4 is 0 Å². The fourth-order valence-electron chi connectivity index (χ4n) is 3.11. The first-order valence-corrected chi connectivity index (χ1v) is 8.71. The Bertz CT molecular complexity index is 785. The van der Waals surface area contributed by atoms with Crippen molar-refractivity contribution in [1.29, 1.82) is 0 Å². The normalized spacial score (nSPS) is 14.6. The molecule has 3 amide bonds. The largest absolute Gasteiger partial charge is 0.342 e. The summed E-state index contributed by atoms with van der Waals surface area (Å²) in [5, 5.41) is 0. The Labute approximate surface area is 147 Å². The quantitative estimate of drug-likeness (QED) is 0.866. The first-order valence-electron chi connectivity index (χ1n) is 8.71. The molecule has 2 heterocycles. The highest BCUT2D eigenvalue weighted by molar-refractivity contribution is 5.85. The molecule has 0 saturated carbocycles. The number of fused-ring (bicyclic) bond motifs is 1. The molecule has 25 heavy (non-hydrogen) atoms. The molecule has 3 rings (SSSR count). The average molecular weight is 343 g/mol. The van der Waals surface area contributed by atoms with Gasteiger partial charge in [0.2, 0.25) is 5.91 Å². The van der Waals surface area contributed by atoms with E-state index in [9.17, 15) is 9.59 Å². The number of hydrogen-bond acceptors (Lipinski definition) is 3. The number of likely N-dealkylation sites (N-methyl/N-ethyl adjacent to an activating group) is 2. The van der Waals surface area contributed by atoms with Gasteiger partial charge in [0.25, 0.3) is 0 Å². The van der Waals surface area contributed by atoms with E-state index in [0.29, 0.717) is 32.6 Å². The summed E-state index contributed by atoms with van der Waals surface area (Å²) in [5.41, 5.74) is 3.16. The van der Waals surface area contributed by atoms with Crippen molar-refractivity contribution in [2.75, 3.05) is 39.8 Å². The molecule has 0 radical (unpaired) electrons. The summed E-state index contributed by atoms with van der Waals surface area (Å²) in [5.74, 6) is 0.863. The standard InChI is InChI=1S/C18H25N5O2/c1-4-22(17(24)12-23-10-9-21(3)18(23)25)8-7-16-19-14-6-5-13(2)11-15(14)20-16/h5-6,11H,4,7-10,12H2,1-3H3,(H,19,20). The molecule has 2 aromatic rings. The summed E-state index contributed by atoms with van der Waals surface area (Å²) in [7, 11) is 1.76. The van der Waals surface area contributed by atoms with Crippen molar-refractivity contribution in [2.45, 2.75) is 20.3 Å². The molecule has 1 fully saturated rings. The zero-order valence-corrected chi connectivity index (χ0v) is 15.1. The molecule has 0 aliphatic carbocycles. The van der Waals surface area contributed by atoms with Gasteiger partial charge < -0.3 is 19.7 Å². The van der Waals surface area contributed by atoms with Gasteiger partial charge in [0.1, 0.15) is 12.4 Å². The van der Waals surface area contributed by atoms with Crippen LogP contribution in [0.4, 0.5) is 4.79 Å². The van der Waals surface area contributed by atoms with E-state index in [1.54, 1.807) is 21.7 Å². The number of benzene rings is 1. The SMILES string of the molecule is CCN(CCc1nc2ccc(C)cc2[nH]1)C(=O)CN1CCN(C)C1=O. The highest BCUT2D eigenvalue weighted by Gasteiger charge is 2.28. The zero-order valence-electron chi connectivity index (χ0n) is 15.1. The average Bonchev–Trinajstić information content (AvgIpc) is 3.12. The fraction of sp³-hybridized carbons (Fsp3) is 0.500. The molecule has 0 atom stereocenters. The minimum Gasteiger partial charge on any atom is -0.342 e. The van der Waals surface area contributed by atoms with Crippen molar-refractivity contribution in [2.24, 2.45) is 0 Å². The lowest BCUT2D eigenvalue weighted by atomic mass is 10.2. The number of carbonyl (C=O) groups is 2. The summed E-state index contributed by atoms with van der Waals surface area (Å²) < 4.78 is 0. The van der Waals surface area contributed by atoms with Crippen molar-refractivity contribution < 1.29 is 9.59 Å². The number of aromatic nitrogens is 2. The number of imidazole rings is 1. The van der Waals surface area contributed by atoms with Crippen LogP contribution in [0.3, 0.4) is 0 Å². The minimum atomic E-state index is -0.0722. The molecule has 1 aliphatic rings. The van der Waals surface area contributed by atoms with Gasteiger partial charge in [-0.2, -0.15) is 0 Å². The van der Waals surface area contributed by atoms with Crippen LogP contribution >= 0.6 is 0 Å². The maximum absolute atomic E-state index is 12.5. The molecule has 1 aromatic carbocycles. The van der Waals surface area contributed by atoms with Gasteiger partial charge in [-0.25, -0.2) is 9.78 Å². The first-order chi connectivity index (χ1) is 12.0. The number of nitrogens with zero attached hydrogens (tertiary/aromatic N) is 4. The summed E-state index contributed by atoms with van der Waals surface area (Å²) in [4.78, 5) is 37.4. The molecule has 7 nitrogen and oxygen atoms in total. The Balaban J connectivity index is 1.59. The third-order valence-electron chi connectivity index (χ3n) is 4.67. The Morgan fingerprint density at radius 3 is 2.84 bits per heavy atom. The molecule has 1 saturated heterocycles. The lowest BCUT2D eigenvalue weighted by Crippen LogP contribution is -2.42. The third kappa shape index (κ3) is 3.75. The molecule has 0 unspecified atom stereocenters. The fourth-order valence-corrected chi connectivity index (χ4v) is 3.11. The monoisotopic (exact) mass is 343 g/mol. The number of urea groups is 1. The van der Waals surface area contributed by atoms with Crippen LogP contribution in [0, 0.1) is 6.92 Å². The maximum Gasteiger partial charge on any atom is 0.320 e. The second kappa shape index (κ2) is 7.13. The molecule has 1 aromatic heterocycles. The van der Waals surface area contributed by atoms with Crippen LogP contribution in [-0.2, 0) is 11.2 Å². The van der Waals surface area contributed by atoms with E-state index >= 15 is 0 Å². The van der Waals surface area contributed by atoms with Crippen LogP contribution in [0.1, 0.15) is 18.3 Å². The number of H-pyrrole nitrogens is 1. The molecule has 0 bridgehead atoms. The molecular formula is C18H25N5O2. The molecule has 1 aliphatic heterocycles. The van der Waals surface area contributed by atoms with Crippen molar-refractivity contribution in [1.82, 2.24) is 24.7 Å². The summed E-state index contributed by atoms with van der Waals surface area (Å²) in [6, 6.07) is 6.04. The predicted octanol–water partition coefficient (Wildman–Crippen LogP) is 1.63.